The number of carbonyl (C=O) groups excluding carboxylic acids is 2. The molecule has 0 heterocycles. The molecular formula is C59H50N2O5S2. The number of alkyl carbamates (subject to hydrolysis) is 1. The van der Waals surface area contributed by atoms with E-state index in [0.717, 1.165) is 55.6 Å². The molecule has 0 saturated carbocycles. The van der Waals surface area contributed by atoms with Gasteiger partial charge in [-0.25, -0.2) is 9.59 Å². The third-order valence-corrected chi connectivity index (χ3v) is 15.9. The normalized spacial score (nSPS) is 13.1. The van der Waals surface area contributed by atoms with Crippen LogP contribution in [0, 0.1) is 0 Å². The summed E-state index contributed by atoms with van der Waals surface area (Å²) >= 11 is 2.93. The first kappa shape index (κ1) is 45.8. The largest absolute Gasteiger partial charge is 0.480 e. The molecular weight excluding hydrogens is 881 g/mol. The van der Waals surface area contributed by atoms with Crippen LogP contribution in [0.3, 0.4) is 0 Å². The number of carboxylic acid groups (broad SMARTS) is 1. The molecule has 0 aliphatic heterocycles. The van der Waals surface area contributed by atoms with Gasteiger partial charge in [-0.3, -0.25) is 4.79 Å². The van der Waals surface area contributed by atoms with E-state index in [1.807, 2.05) is 170 Å². The lowest BCUT2D eigenvalue weighted by atomic mass is 9.84. The lowest BCUT2D eigenvalue weighted by molar-refractivity contribution is -0.141. The third-order valence-electron chi connectivity index (χ3n) is 12.6. The number of carbonyl (C=O) groups is 3. The number of thioether (sulfide) groups is 2. The molecule has 8 aromatic carbocycles. The van der Waals surface area contributed by atoms with Gasteiger partial charge >= 0.3 is 12.1 Å². The summed E-state index contributed by atoms with van der Waals surface area (Å²) in [5, 5.41) is 16.7. The van der Waals surface area contributed by atoms with E-state index in [2.05, 4.69) is 71.3 Å². The van der Waals surface area contributed by atoms with Gasteiger partial charge in [0, 0.05) is 17.4 Å². The number of amides is 2. The number of benzene rings is 8. The fourth-order valence-corrected chi connectivity index (χ4v) is 12.5. The Morgan fingerprint density at radius 3 is 1.09 bits per heavy atom. The fourth-order valence-electron chi connectivity index (χ4n) is 9.37. The molecule has 0 radical (unpaired) electrons. The van der Waals surface area contributed by atoms with Crippen molar-refractivity contribution in [3.05, 3.63) is 275 Å². The fraction of sp³-hybridized carbons (Fsp3) is 0.136. The van der Waals surface area contributed by atoms with Gasteiger partial charge in [0.15, 0.2) is 0 Å². The van der Waals surface area contributed by atoms with E-state index in [1.165, 1.54) is 23.5 Å². The summed E-state index contributed by atoms with van der Waals surface area (Å²) in [6, 6.07) is 73.9. The highest BCUT2D eigenvalue weighted by atomic mass is 32.2. The molecule has 68 heavy (non-hydrogen) atoms. The second-order valence-electron chi connectivity index (χ2n) is 16.6. The number of ether oxygens (including phenoxy) is 1. The zero-order valence-corrected chi connectivity index (χ0v) is 38.8. The summed E-state index contributed by atoms with van der Waals surface area (Å²) in [5.74, 6) is -2.01. The van der Waals surface area contributed by atoms with E-state index in [-0.39, 0.29) is 24.0 Å². The number of rotatable bonds is 18. The molecule has 0 spiro atoms. The van der Waals surface area contributed by atoms with E-state index < -0.39 is 39.5 Å². The van der Waals surface area contributed by atoms with Crippen molar-refractivity contribution in [1.82, 2.24) is 10.6 Å². The Kier molecular flexibility index (Phi) is 14.2. The Hall–Kier alpha value is -7.33. The van der Waals surface area contributed by atoms with E-state index in [9.17, 15) is 19.5 Å². The zero-order valence-electron chi connectivity index (χ0n) is 37.2. The molecule has 0 unspecified atom stereocenters. The summed E-state index contributed by atoms with van der Waals surface area (Å²) in [6.07, 6.45) is -0.783. The predicted octanol–water partition coefficient (Wildman–Crippen LogP) is 11.9. The van der Waals surface area contributed by atoms with Gasteiger partial charge in [-0.1, -0.05) is 231 Å². The van der Waals surface area contributed by atoms with Crippen LogP contribution in [0.1, 0.15) is 50.4 Å². The van der Waals surface area contributed by atoms with Gasteiger partial charge < -0.3 is 20.5 Å². The molecule has 7 nitrogen and oxygen atoms in total. The van der Waals surface area contributed by atoms with Gasteiger partial charge in [0.05, 0.1) is 9.49 Å². The topological polar surface area (TPSA) is 105 Å². The number of aliphatic carboxylic acids is 1. The summed E-state index contributed by atoms with van der Waals surface area (Å²) in [5.41, 5.74) is 10.1. The molecule has 338 valence electrons. The molecule has 9 rings (SSSR count). The number of carboxylic acids is 1. The van der Waals surface area contributed by atoms with E-state index >= 15 is 0 Å². The zero-order chi connectivity index (χ0) is 46.8. The first-order valence-corrected chi connectivity index (χ1v) is 24.6. The minimum atomic E-state index is -1.35. The highest BCUT2D eigenvalue weighted by Crippen LogP contribution is 2.50. The molecule has 1 aliphatic rings. The Morgan fingerprint density at radius 1 is 0.441 bits per heavy atom. The second kappa shape index (κ2) is 21.1. The van der Waals surface area contributed by atoms with Crippen molar-refractivity contribution >= 4 is 41.5 Å². The van der Waals surface area contributed by atoms with Gasteiger partial charge in [0.25, 0.3) is 0 Å². The van der Waals surface area contributed by atoms with Crippen molar-refractivity contribution in [2.24, 2.45) is 0 Å². The second-order valence-corrected chi connectivity index (χ2v) is 19.1. The summed E-state index contributed by atoms with van der Waals surface area (Å²) in [6.45, 7) is 0.0399. The smallest absolute Gasteiger partial charge is 0.407 e. The van der Waals surface area contributed by atoms with Gasteiger partial charge in [-0.05, 0) is 55.6 Å². The Bertz CT molecular complexity index is 2700. The maximum Gasteiger partial charge on any atom is 0.407 e. The van der Waals surface area contributed by atoms with Crippen molar-refractivity contribution in [3.63, 3.8) is 0 Å². The lowest BCUT2D eigenvalue weighted by Crippen LogP contribution is -2.54. The lowest BCUT2D eigenvalue weighted by Gasteiger charge is -2.37. The van der Waals surface area contributed by atoms with Crippen LogP contribution in [0.25, 0.3) is 11.1 Å². The third kappa shape index (κ3) is 9.45. The van der Waals surface area contributed by atoms with Crippen molar-refractivity contribution in [2.75, 3.05) is 18.1 Å². The maximum atomic E-state index is 15.0. The molecule has 3 N–H and O–H groups in total. The van der Waals surface area contributed by atoms with Gasteiger partial charge in [-0.15, -0.1) is 23.5 Å². The van der Waals surface area contributed by atoms with Crippen LogP contribution in [0.2, 0.25) is 0 Å². The predicted molar refractivity (Wildman–Crippen MR) is 275 cm³/mol. The average molecular weight is 931 g/mol. The van der Waals surface area contributed by atoms with Crippen LogP contribution >= 0.6 is 23.5 Å². The minimum Gasteiger partial charge on any atom is -0.480 e. The molecule has 0 bridgehead atoms. The molecule has 2 amide bonds. The van der Waals surface area contributed by atoms with Gasteiger partial charge in [0.2, 0.25) is 5.91 Å². The molecule has 8 aromatic rings. The molecule has 1 aliphatic carbocycles. The Balaban J connectivity index is 1.04. The molecule has 9 heteroatoms. The molecule has 0 fully saturated rings. The summed E-state index contributed by atoms with van der Waals surface area (Å²) in [7, 11) is 0. The monoisotopic (exact) mass is 930 g/mol. The van der Waals surface area contributed by atoms with E-state index in [0.29, 0.717) is 0 Å². The van der Waals surface area contributed by atoms with Crippen LogP contribution in [0.5, 0.6) is 0 Å². The molecule has 0 saturated heterocycles. The highest BCUT2D eigenvalue weighted by Gasteiger charge is 2.41. The molecule has 0 aromatic heterocycles. The van der Waals surface area contributed by atoms with Crippen molar-refractivity contribution in [1.29, 1.82) is 0 Å². The van der Waals surface area contributed by atoms with Crippen molar-refractivity contribution in [3.8, 4) is 11.1 Å². The minimum absolute atomic E-state index is 0.00739. The standard InChI is InChI=1S/C59H50N2O5S2/c62-55(60-54(56(63)64)41-68-59(45-29-13-4-14-30-45,46-31-15-5-16-32-46)47-33-17-6-18-34-47)53(61-57(65)66-39-52-50-37-21-19-35-48(50)49-36-20-22-38-51(49)52)40-67-58(42-23-7-1-8-24-42,43-25-9-2-10-26-43)44-27-11-3-12-28-44/h1-38,52-54H,39-41H2,(H,60,62)(H,61,65)(H,63,64)/t53-,54-/m1/s1. The SMILES string of the molecule is O=C(N[C@H](CSC(c1ccccc1)(c1ccccc1)c1ccccc1)C(=O)N[C@H](CSC(c1ccccc1)(c1ccccc1)c1ccccc1)C(=O)O)OCC1c2ccccc2-c2ccccc21. The van der Waals surface area contributed by atoms with Gasteiger partial charge in [0.1, 0.15) is 18.7 Å². The summed E-state index contributed by atoms with van der Waals surface area (Å²) < 4.78 is 4.36. The number of nitrogens with one attached hydrogen (secondary N) is 2. The average Bonchev–Trinajstić information content (AvgIpc) is 3.72. The van der Waals surface area contributed by atoms with Crippen LogP contribution in [-0.2, 0) is 23.8 Å². The van der Waals surface area contributed by atoms with Crippen LogP contribution < -0.4 is 10.6 Å². The Labute approximate surface area is 406 Å². The number of hydrogen-bond donors (Lipinski definition) is 3. The highest BCUT2D eigenvalue weighted by molar-refractivity contribution is 8.01. The van der Waals surface area contributed by atoms with Crippen LogP contribution in [0.15, 0.2) is 231 Å². The Morgan fingerprint density at radius 2 is 0.750 bits per heavy atom. The quantitative estimate of drug-likeness (QED) is 0.0736. The van der Waals surface area contributed by atoms with E-state index in [1.54, 1.807) is 0 Å². The number of fused-ring (bicyclic) bond motifs is 3. The molecule has 2 atom stereocenters. The van der Waals surface area contributed by atoms with Crippen LogP contribution in [0.4, 0.5) is 4.79 Å². The maximum absolute atomic E-state index is 15.0. The van der Waals surface area contributed by atoms with Crippen molar-refractivity contribution in [2.45, 2.75) is 27.5 Å². The van der Waals surface area contributed by atoms with Crippen molar-refractivity contribution < 1.29 is 24.2 Å². The first-order chi connectivity index (χ1) is 33.4. The number of hydrogen-bond acceptors (Lipinski definition) is 6. The van der Waals surface area contributed by atoms with Crippen LogP contribution in [-0.4, -0.2) is 53.3 Å². The van der Waals surface area contributed by atoms with E-state index in [4.69, 9.17) is 4.74 Å². The van der Waals surface area contributed by atoms with Gasteiger partial charge in [-0.2, -0.15) is 0 Å². The first-order valence-electron chi connectivity index (χ1n) is 22.6. The summed E-state index contributed by atoms with van der Waals surface area (Å²) in [4.78, 5) is 42.5.